The number of hydrazone groups is 1. The average Bonchev–Trinajstić information content (AvgIpc) is 2.69. The number of benzene rings is 2. The SMILES string of the molecule is COc1ccc(C=NNC(=O)N2CCN(c3ccccc3)CC2)cc1. The van der Waals surface area contributed by atoms with Crippen molar-refractivity contribution in [1.82, 2.24) is 10.3 Å². The number of amides is 2. The highest BCUT2D eigenvalue weighted by Crippen LogP contribution is 2.15. The molecule has 1 heterocycles. The van der Waals surface area contributed by atoms with E-state index in [1.807, 2.05) is 42.5 Å². The van der Waals surface area contributed by atoms with Crippen LogP contribution in [-0.2, 0) is 0 Å². The smallest absolute Gasteiger partial charge is 0.337 e. The number of para-hydroxylation sites is 1. The van der Waals surface area contributed by atoms with Gasteiger partial charge in [0.2, 0.25) is 0 Å². The van der Waals surface area contributed by atoms with E-state index in [0.29, 0.717) is 13.1 Å². The minimum Gasteiger partial charge on any atom is -0.497 e. The van der Waals surface area contributed by atoms with Gasteiger partial charge in [0, 0.05) is 31.9 Å². The summed E-state index contributed by atoms with van der Waals surface area (Å²) in [6.45, 7) is 3.00. The van der Waals surface area contributed by atoms with Crippen molar-refractivity contribution in [3.8, 4) is 5.75 Å². The van der Waals surface area contributed by atoms with Crippen molar-refractivity contribution in [1.29, 1.82) is 0 Å². The maximum Gasteiger partial charge on any atom is 0.337 e. The van der Waals surface area contributed by atoms with Crippen molar-refractivity contribution in [2.75, 3.05) is 38.2 Å². The molecule has 2 aromatic carbocycles. The number of hydrogen-bond donors (Lipinski definition) is 1. The summed E-state index contributed by atoms with van der Waals surface area (Å²) in [4.78, 5) is 16.3. The number of carbonyl (C=O) groups excluding carboxylic acids is 1. The van der Waals surface area contributed by atoms with E-state index in [1.54, 1.807) is 18.2 Å². The highest BCUT2D eigenvalue weighted by molar-refractivity contribution is 5.82. The maximum absolute atomic E-state index is 12.2. The van der Waals surface area contributed by atoms with Crippen LogP contribution in [0.15, 0.2) is 59.7 Å². The van der Waals surface area contributed by atoms with E-state index in [9.17, 15) is 4.79 Å². The molecule has 130 valence electrons. The predicted molar refractivity (Wildman–Crippen MR) is 99.3 cm³/mol. The summed E-state index contributed by atoms with van der Waals surface area (Å²) in [6.07, 6.45) is 1.62. The second kappa shape index (κ2) is 8.19. The molecule has 0 aromatic heterocycles. The number of hydrogen-bond acceptors (Lipinski definition) is 4. The third-order valence-electron chi connectivity index (χ3n) is 4.18. The normalized spacial score (nSPS) is 14.6. The molecule has 1 N–H and O–H groups in total. The number of carbonyl (C=O) groups is 1. The molecule has 0 atom stereocenters. The van der Waals surface area contributed by atoms with E-state index in [4.69, 9.17) is 4.74 Å². The number of ether oxygens (including phenoxy) is 1. The largest absolute Gasteiger partial charge is 0.497 e. The van der Waals surface area contributed by atoms with Crippen LogP contribution in [0.2, 0.25) is 0 Å². The van der Waals surface area contributed by atoms with Gasteiger partial charge in [0.25, 0.3) is 0 Å². The third kappa shape index (κ3) is 4.50. The van der Waals surface area contributed by atoms with Gasteiger partial charge in [-0.1, -0.05) is 18.2 Å². The Morgan fingerprint density at radius 2 is 1.72 bits per heavy atom. The van der Waals surface area contributed by atoms with Gasteiger partial charge < -0.3 is 14.5 Å². The molecular weight excluding hydrogens is 316 g/mol. The lowest BCUT2D eigenvalue weighted by Crippen LogP contribution is -2.51. The van der Waals surface area contributed by atoms with E-state index >= 15 is 0 Å². The van der Waals surface area contributed by atoms with E-state index in [-0.39, 0.29) is 6.03 Å². The molecule has 1 saturated heterocycles. The van der Waals surface area contributed by atoms with Crippen LogP contribution >= 0.6 is 0 Å². The summed E-state index contributed by atoms with van der Waals surface area (Å²) in [5.74, 6) is 0.789. The first-order chi connectivity index (χ1) is 12.3. The molecule has 3 rings (SSSR count). The van der Waals surface area contributed by atoms with Crippen molar-refractivity contribution in [3.63, 3.8) is 0 Å². The first-order valence-electron chi connectivity index (χ1n) is 8.28. The topological polar surface area (TPSA) is 57.2 Å². The summed E-state index contributed by atoms with van der Waals surface area (Å²) in [7, 11) is 1.63. The fourth-order valence-electron chi connectivity index (χ4n) is 2.73. The lowest BCUT2D eigenvalue weighted by atomic mass is 10.2. The van der Waals surface area contributed by atoms with Crippen LogP contribution in [-0.4, -0.2) is 50.4 Å². The van der Waals surface area contributed by atoms with E-state index < -0.39 is 0 Å². The monoisotopic (exact) mass is 338 g/mol. The van der Waals surface area contributed by atoms with Crippen molar-refractivity contribution >= 4 is 17.9 Å². The standard InChI is InChI=1S/C19H22N4O2/c1-25-18-9-7-16(8-10-18)15-20-21-19(24)23-13-11-22(12-14-23)17-5-3-2-4-6-17/h2-10,15H,11-14H2,1H3,(H,21,24). The number of piperazine rings is 1. The second-order valence-corrected chi connectivity index (χ2v) is 5.76. The molecule has 0 radical (unpaired) electrons. The molecule has 6 heteroatoms. The first kappa shape index (κ1) is 16.8. The molecular formula is C19H22N4O2. The summed E-state index contributed by atoms with van der Waals surface area (Å²) >= 11 is 0. The molecule has 6 nitrogen and oxygen atoms in total. The first-order valence-corrected chi connectivity index (χ1v) is 8.28. The molecule has 0 bridgehead atoms. The van der Waals surface area contributed by atoms with Gasteiger partial charge in [-0.2, -0.15) is 5.10 Å². The van der Waals surface area contributed by atoms with Crippen LogP contribution in [0.3, 0.4) is 0 Å². The van der Waals surface area contributed by atoms with Crippen LogP contribution in [0.25, 0.3) is 0 Å². The fourth-order valence-corrected chi connectivity index (χ4v) is 2.73. The Balaban J connectivity index is 1.47. The quantitative estimate of drug-likeness (QED) is 0.688. The Kier molecular flexibility index (Phi) is 5.51. The lowest BCUT2D eigenvalue weighted by molar-refractivity contribution is 0.195. The van der Waals surface area contributed by atoms with Gasteiger partial charge in [-0.15, -0.1) is 0 Å². The highest BCUT2D eigenvalue weighted by Gasteiger charge is 2.20. The number of rotatable bonds is 4. The Hall–Kier alpha value is -3.02. The Morgan fingerprint density at radius 1 is 1.04 bits per heavy atom. The molecule has 25 heavy (non-hydrogen) atoms. The Labute approximate surface area is 147 Å². The molecule has 0 unspecified atom stereocenters. The zero-order chi connectivity index (χ0) is 17.5. The Morgan fingerprint density at radius 3 is 2.36 bits per heavy atom. The van der Waals surface area contributed by atoms with Gasteiger partial charge >= 0.3 is 6.03 Å². The molecule has 2 amide bonds. The van der Waals surface area contributed by atoms with Crippen molar-refractivity contribution in [2.24, 2.45) is 5.10 Å². The molecule has 1 aliphatic heterocycles. The van der Waals surface area contributed by atoms with Crippen LogP contribution in [0.4, 0.5) is 10.5 Å². The average molecular weight is 338 g/mol. The van der Waals surface area contributed by atoms with Gasteiger partial charge in [-0.3, -0.25) is 0 Å². The number of urea groups is 1. The van der Waals surface area contributed by atoms with E-state index in [2.05, 4.69) is 27.6 Å². The minimum absolute atomic E-state index is 0.169. The zero-order valence-corrected chi connectivity index (χ0v) is 14.3. The summed E-state index contributed by atoms with van der Waals surface area (Å²) < 4.78 is 5.11. The summed E-state index contributed by atoms with van der Waals surface area (Å²) in [6, 6.07) is 17.6. The molecule has 0 saturated carbocycles. The third-order valence-corrected chi connectivity index (χ3v) is 4.18. The summed E-state index contributed by atoms with van der Waals surface area (Å²) in [5.41, 5.74) is 4.68. The second-order valence-electron chi connectivity index (χ2n) is 5.76. The van der Waals surface area contributed by atoms with Crippen LogP contribution < -0.4 is 15.1 Å². The van der Waals surface area contributed by atoms with Crippen molar-refractivity contribution in [2.45, 2.75) is 0 Å². The molecule has 0 aliphatic carbocycles. The van der Waals surface area contributed by atoms with Gasteiger partial charge in [-0.25, -0.2) is 10.2 Å². The highest BCUT2D eigenvalue weighted by atomic mass is 16.5. The zero-order valence-electron chi connectivity index (χ0n) is 14.3. The van der Waals surface area contributed by atoms with Crippen molar-refractivity contribution < 1.29 is 9.53 Å². The number of nitrogens with one attached hydrogen (secondary N) is 1. The number of nitrogens with zero attached hydrogens (tertiary/aromatic N) is 3. The fraction of sp³-hybridized carbons (Fsp3) is 0.263. The number of anilines is 1. The molecule has 1 aliphatic rings. The van der Waals surface area contributed by atoms with Crippen LogP contribution in [0.1, 0.15) is 5.56 Å². The van der Waals surface area contributed by atoms with Crippen molar-refractivity contribution in [3.05, 3.63) is 60.2 Å². The molecule has 1 fully saturated rings. The van der Waals surface area contributed by atoms with Gasteiger partial charge in [-0.05, 0) is 42.0 Å². The van der Waals surface area contributed by atoms with E-state index in [1.165, 1.54) is 5.69 Å². The predicted octanol–water partition coefficient (Wildman–Crippen LogP) is 2.56. The summed E-state index contributed by atoms with van der Waals surface area (Å²) in [5, 5.41) is 4.03. The molecule has 0 spiro atoms. The maximum atomic E-state index is 12.2. The lowest BCUT2D eigenvalue weighted by Gasteiger charge is -2.35. The van der Waals surface area contributed by atoms with Gasteiger partial charge in [0.05, 0.1) is 13.3 Å². The van der Waals surface area contributed by atoms with Crippen LogP contribution in [0, 0.1) is 0 Å². The minimum atomic E-state index is -0.169. The number of methoxy groups -OCH3 is 1. The van der Waals surface area contributed by atoms with Gasteiger partial charge in [0.15, 0.2) is 0 Å². The Bertz CT molecular complexity index is 708. The molecule has 2 aromatic rings. The van der Waals surface area contributed by atoms with Gasteiger partial charge in [0.1, 0.15) is 5.75 Å². The van der Waals surface area contributed by atoms with Crippen LogP contribution in [0.5, 0.6) is 5.75 Å². The van der Waals surface area contributed by atoms with E-state index in [0.717, 1.165) is 24.4 Å².